The second-order valence-electron chi connectivity index (χ2n) is 6.73. The van der Waals surface area contributed by atoms with Gasteiger partial charge in [-0.2, -0.15) is 0 Å². The minimum atomic E-state index is -0.286. The molecule has 1 aliphatic rings. The second-order valence-corrected chi connectivity index (χ2v) is 6.73. The Kier molecular flexibility index (Phi) is 5.56. The predicted molar refractivity (Wildman–Crippen MR) is 99.5 cm³/mol. The SMILES string of the molecule is COc1ccc(CNC(=O)[C@@H]2CC(=O)N(Cc3ccc(C)cc3)C2)cc1. The molecular weight excluding hydrogens is 328 g/mol. The number of nitrogens with zero attached hydrogens (tertiary/aromatic N) is 1. The van der Waals surface area contributed by atoms with Crippen molar-refractivity contribution in [3.05, 3.63) is 65.2 Å². The van der Waals surface area contributed by atoms with Gasteiger partial charge in [0, 0.05) is 26.1 Å². The summed E-state index contributed by atoms with van der Waals surface area (Å²) in [5.74, 6) is 0.468. The number of amides is 2. The predicted octanol–water partition coefficient (Wildman–Crippen LogP) is 2.67. The molecule has 0 radical (unpaired) electrons. The Morgan fingerprint density at radius 2 is 1.77 bits per heavy atom. The van der Waals surface area contributed by atoms with Crippen molar-refractivity contribution in [1.82, 2.24) is 10.2 Å². The fourth-order valence-corrected chi connectivity index (χ4v) is 3.09. The molecule has 5 nitrogen and oxygen atoms in total. The van der Waals surface area contributed by atoms with Crippen LogP contribution in [0.1, 0.15) is 23.1 Å². The van der Waals surface area contributed by atoms with Gasteiger partial charge in [0.2, 0.25) is 11.8 Å². The lowest BCUT2D eigenvalue weighted by Gasteiger charge is -2.17. The van der Waals surface area contributed by atoms with E-state index in [0.29, 0.717) is 19.6 Å². The van der Waals surface area contributed by atoms with Crippen molar-refractivity contribution >= 4 is 11.8 Å². The fraction of sp³-hybridized carbons (Fsp3) is 0.333. The molecule has 1 heterocycles. The summed E-state index contributed by atoms with van der Waals surface area (Å²) >= 11 is 0. The van der Waals surface area contributed by atoms with Crippen LogP contribution in [0.5, 0.6) is 5.75 Å². The first kappa shape index (κ1) is 18.0. The zero-order valence-corrected chi connectivity index (χ0v) is 15.2. The number of carbonyl (C=O) groups excluding carboxylic acids is 2. The van der Waals surface area contributed by atoms with Gasteiger partial charge < -0.3 is 15.0 Å². The van der Waals surface area contributed by atoms with Gasteiger partial charge >= 0.3 is 0 Å². The Hall–Kier alpha value is -2.82. The van der Waals surface area contributed by atoms with E-state index < -0.39 is 0 Å². The highest BCUT2D eigenvalue weighted by molar-refractivity contribution is 5.89. The molecule has 136 valence electrons. The highest BCUT2D eigenvalue weighted by Crippen LogP contribution is 2.21. The van der Waals surface area contributed by atoms with E-state index in [0.717, 1.165) is 16.9 Å². The maximum Gasteiger partial charge on any atom is 0.225 e. The normalized spacial score (nSPS) is 16.6. The summed E-state index contributed by atoms with van der Waals surface area (Å²) < 4.78 is 5.12. The molecule has 0 aliphatic carbocycles. The lowest BCUT2D eigenvalue weighted by Crippen LogP contribution is -2.32. The number of aryl methyl sites for hydroxylation is 1. The summed E-state index contributed by atoms with van der Waals surface area (Å²) in [4.78, 5) is 26.4. The third-order valence-electron chi connectivity index (χ3n) is 4.71. The highest BCUT2D eigenvalue weighted by Gasteiger charge is 2.34. The largest absolute Gasteiger partial charge is 0.497 e. The van der Waals surface area contributed by atoms with E-state index in [1.54, 1.807) is 12.0 Å². The average Bonchev–Trinajstić information content (AvgIpc) is 3.02. The molecule has 0 bridgehead atoms. The first-order valence-electron chi connectivity index (χ1n) is 8.79. The summed E-state index contributed by atoms with van der Waals surface area (Å²) in [7, 11) is 1.62. The van der Waals surface area contributed by atoms with Crippen molar-refractivity contribution in [2.45, 2.75) is 26.4 Å². The van der Waals surface area contributed by atoms with Crippen LogP contribution in [0.15, 0.2) is 48.5 Å². The van der Waals surface area contributed by atoms with Crippen LogP contribution in [0.2, 0.25) is 0 Å². The number of carbonyl (C=O) groups is 2. The average molecular weight is 352 g/mol. The molecule has 0 saturated carbocycles. The minimum Gasteiger partial charge on any atom is -0.497 e. The van der Waals surface area contributed by atoms with E-state index in [4.69, 9.17) is 4.74 Å². The molecular formula is C21H24N2O3. The van der Waals surface area contributed by atoms with Crippen molar-refractivity contribution in [3.63, 3.8) is 0 Å². The van der Waals surface area contributed by atoms with E-state index in [9.17, 15) is 9.59 Å². The molecule has 0 aromatic heterocycles. The molecule has 2 amide bonds. The molecule has 1 saturated heterocycles. The number of nitrogens with one attached hydrogen (secondary N) is 1. The van der Waals surface area contributed by atoms with Crippen LogP contribution < -0.4 is 10.1 Å². The number of ether oxygens (including phenoxy) is 1. The van der Waals surface area contributed by atoms with Crippen LogP contribution in [0.3, 0.4) is 0 Å². The second kappa shape index (κ2) is 8.04. The Labute approximate surface area is 154 Å². The third kappa shape index (κ3) is 4.42. The molecule has 2 aromatic rings. The molecule has 1 atom stereocenters. The topological polar surface area (TPSA) is 58.6 Å². The van der Waals surface area contributed by atoms with E-state index in [-0.39, 0.29) is 24.2 Å². The number of likely N-dealkylation sites (tertiary alicyclic amines) is 1. The first-order valence-corrected chi connectivity index (χ1v) is 8.79. The van der Waals surface area contributed by atoms with E-state index in [2.05, 4.69) is 5.32 Å². The fourth-order valence-electron chi connectivity index (χ4n) is 3.09. The molecule has 0 unspecified atom stereocenters. The zero-order chi connectivity index (χ0) is 18.5. The maximum absolute atomic E-state index is 12.4. The van der Waals surface area contributed by atoms with Crippen molar-refractivity contribution in [1.29, 1.82) is 0 Å². The van der Waals surface area contributed by atoms with Crippen LogP contribution in [0.4, 0.5) is 0 Å². The lowest BCUT2D eigenvalue weighted by atomic mass is 10.1. The van der Waals surface area contributed by atoms with E-state index in [1.165, 1.54) is 5.56 Å². The van der Waals surface area contributed by atoms with Gasteiger partial charge in [-0.05, 0) is 30.2 Å². The van der Waals surface area contributed by atoms with Crippen LogP contribution in [-0.2, 0) is 22.7 Å². The lowest BCUT2D eigenvalue weighted by molar-refractivity contribution is -0.129. The molecule has 26 heavy (non-hydrogen) atoms. The first-order chi connectivity index (χ1) is 12.5. The van der Waals surface area contributed by atoms with Crippen molar-refractivity contribution < 1.29 is 14.3 Å². The van der Waals surface area contributed by atoms with Gasteiger partial charge in [0.05, 0.1) is 13.0 Å². The Bertz CT molecular complexity index is 769. The van der Waals surface area contributed by atoms with Crippen LogP contribution >= 0.6 is 0 Å². The quantitative estimate of drug-likeness (QED) is 0.870. The number of benzene rings is 2. The van der Waals surface area contributed by atoms with Gasteiger partial charge in [-0.15, -0.1) is 0 Å². The van der Waals surface area contributed by atoms with E-state index >= 15 is 0 Å². The highest BCUT2D eigenvalue weighted by atomic mass is 16.5. The van der Waals surface area contributed by atoms with Crippen LogP contribution in [-0.4, -0.2) is 30.4 Å². The van der Waals surface area contributed by atoms with Gasteiger partial charge in [-0.1, -0.05) is 42.0 Å². The van der Waals surface area contributed by atoms with Crippen molar-refractivity contribution in [3.8, 4) is 5.75 Å². The minimum absolute atomic E-state index is 0.0372. The van der Waals surface area contributed by atoms with Crippen molar-refractivity contribution in [2.75, 3.05) is 13.7 Å². The monoisotopic (exact) mass is 352 g/mol. The molecule has 5 heteroatoms. The Morgan fingerprint density at radius 3 is 2.42 bits per heavy atom. The summed E-state index contributed by atoms with van der Waals surface area (Å²) in [5.41, 5.74) is 3.28. The number of hydrogen-bond donors (Lipinski definition) is 1. The molecule has 1 aliphatic heterocycles. The number of methoxy groups -OCH3 is 1. The molecule has 1 fully saturated rings. The van der Waals surface area contributed by atoms with Crippen molar-refractivity contribution in [2.24, 2.45) is 5.92 Å². The summed E-state index contributed by atoms with van der Waals surface area (Å²) in [6, 6.07) is 15.7. The molecule has 2 aromatic carbocycles. The van der Waals surface area contributed by atoms with E-state index in [1.807, 2.05) is 55.5 Å². The van der Waals surface area contributed by atoms with Crippen LogP contribution in [0, 0.1) is 12.8 Å². The summed E-state index contributed by atoms with van der Waals surface area (Å²) in [6.45, 7) is 3.52. The molecule has 1 N–H and O–H groups in total. The zero-order valence-electron chi connectivity index (χ0n) is 15.2. The van der Waals surface area contributed by atoms with Gasteiger partial charge in [0.15, 0.2) is 0 Å². The molecule has 0 spiro atoms. The van der Waals surface area contributed by atoms with Gasteiger partial charge in [0.1, 0.15) is 5.75 Å². The Balaban J connectivity index is 1.52. The number of hydrogen-bond acceptors (Lipinski definition) is 3. The van der Waals surface area contributed by atoms with Gasteiger partial charge in [0.25, 0.3) is 0 Å². The smallest absolute Gasteiger partial charge is 0.225 e. The van der Waals surface area contributed by atoms with Gasteiger partial charge in [-0.25, -0.2) is 0 Å². The van der Waals surface area contributed by atoms with Crippen LogP contribution in [0.25, 0.3) is 0 Å². The van der Waals surface area contributed by atoms with Gasteiger partial charge in [-0.3, -0.25) is 9.59 Å². The standard InChI is InChI=1S/C21H24N2O3/c1-15-3-5-17(6-4-15)13-23-14-18(11-20(23)24)21(25)22-12-16-7-9-19(26-2)10-8-16/h3-10,18H,11-14H2,1-2H3,(H,22,25)/t18-/m1/s1. The third-order valence-corrected chi connectivity index (χ3v) is 4.71. The summed E-state index contributed by atoms with van der Waals surface area (Å²) in [5, 5.41) is 2.93. The Morgan fingerprint density at radius 1 is 1.12 bits per heavy atom. The molecule has 3 rings (SSSR count). The maximum atomic E-state index is 12.4. The number of rotatable bonds is 6. The summed E-state index contributed by atoms with van der Waals surface area (Å²) in [6.07, 6.45) is 0.278.